The molecule has 162 valence electrons. The molecule has 9 nitrogen and oxygen atoms in total. The molecule has 0 saturated heterocycles. The molecule has 0 saturated carbocycles. The van der Waals surface area contributed by atoms with Gasteiger partial charge in [-0.05, 0) is 13.0 Å². The van der Waals surface area contributed by atoms with Crippen molar-refractivity contribution in [3.05, 3.63) is 29.2 Å². The molecule has 0 bridgehead atoms. The molecule has 0 aromatic carbocycles. The van der Waals surface area contributed by atoms with E-state index >= 15 is 0 Å². The van der Waals surface area contributed by atoms with E-state index in [9.17, 15) is 9.35 Å². The molecule has 4 heterocycles. The summed E-state index contributed by atoms with van der Waals surface area (Å²) in [6.45, 7) is 2.27. The second kappa shape index (κ2) is 8.55. The summed E-state index contributed by atoms with van der Waals surface area (Å²) in [6.07, 6.45) is 1.77. The first-order valence-corrected chi connectivity index (χ1v) is 12.2. The first kappa shape index (κ1) is 21.7. The van der Waals surface area contributed by atoms with Crippen LogP contribution in [0.4, 0.5) is 5.69 Å². The van der Waals surface area contributed by atoms with Crippen molar-refractivity contribution in [1.82, 2.24) is 19.5 Å². The van der Waals surface area contributed by atoms with E-state index in [4.69, 9.17) is 21.2 Å². The lowest BCUT2D eigenvalue weighted by Crippen LogP contribution is -2.11. The van der Waals surface area contributed by atoms with Crippen LogP contribution in [-0.4, -0.2) is 49.4 Å². The second-order valence-corrected chi connectivity index (χ2v) is 10.4. The lowest BCUT2D eigenvalue weighted by molar-refractivity contribution is 0.0996. The number of rotatable bonds is 7. The number of nitrogens with zero attached hydrogens (tertiary/aromatic N) is 4. The Balaban J connectivity index is 1.95. The fourth-order valence-corrected chi connectivity index (χ4v) is 6.42. The molecule has 31 heavy (non-hydrogen) atoms. The van der Waals surface area contributed by atoms with Crippen LogP contribution in [0.2, 0.25) is 0 Å². The number of ether oxygens (including phenoxy) is 1. The van der Waals surface area contributed by atoms with E-state index in [-0.39, 0.29) is 5.69 Å². The molecule has 0 spiro atoms. The van der Waals surface area contributed by atoms with Gasteiger partial charge in [-0.2, -0.15) is 0 Å². The molecular weight excluding hydrogens is 456 g/mol. The van der Waals surface area contributed by atoms with Gasteiger partial charge in [-0.1, -0.05) is 11.3 Å². The van der Waals surface area contributed by atoms with E-state index < -0.39 is 17.1 Å². The largest absolute Gasteiger partial charge is 0.611 e. The number of nitrogens with two attached hydrogens (primary N) is 2. The van der Waals surface area contributed by atoms with Crippen molar-refractivity contribution < 1.29 is 14.1 Å². The molecule has 4 aromatic rings. The third kappa shape index (κ3) is 3.92. The highest BCUT2D eigenvalue weighted by Crippen LogP contribution is 2.43. The quantitative estimate of drug-likeness (QED) is 0.390. The topological polar surface area (TPSA) is 145 Å². The molecule has 12 heteroatoms. The number of carbonyl (C=O) groups excluding carboxylic acids is 1. The first-order chi connectivity index (χ1) is 14.8. The number of carbonyl (C=O) groups is 1. The van der Waals surface area contributed by atoms with E-state index in [0.717, 1.165) is 22.5 Å². The molecule has 4 aromatic heterocycles. The lowest BCUT2D eigenvalue weighted by Gasteiger charge is -2.09. The van der Waals surface area contributed by atoms with E-state index in [1.807, 2.05) is 24.6 Å². The number of pyridine rings is 1. The maximum absolute atomic E-state index is 12.8. The maximum Gasteiger partial charge on any atom is 0.268 e. The van der Waals surface area contributed by atoms with Gasteiger partial charge in [0.05, 0.1) is 18.5 Å². The highest BCUT2D eigenvalue weighted by atomic mass is 32.2. The van der Waals surface area contributed by atoms with Gasteiger partial charge in [-0.3, -0.25) is 4.79 Å². The molecule has 0 radical (unpaired) electrons. The number of amides is 1. The molecule has 1 unspecified atom stereocenters. The Morgan fingerprint density at radius 2 is 2.16 bits per heavy atom. The van der Waals surface area contributed by atoms with Gasteiger partial charge in [0, 0.05) is 41.7 Å². The summed E-state index contributed by atoms with van der Waals surface area (Å²) in [6, 6.07) is 1.87. The maximum atomic E-state index is 12.8. The predicted molar refractivity (Wildman–Crippen MR) is 124 cm³/mol. The van der Waals surface area contributed by atoms with Crippen LogP contribution in [0.1, 0.15) is 16.3 Å². The molecule has 1 amide bonds. The number of aryl methyl sites for hydroxylation is 1. The van der Waals surface area contributed by atoms with Crippen molar-refractivity contribution in [2.75, 3.05) is 25.2 Å². The minimum atomic E-state index is -1.31. The van der Waals surface area contributed by atoms with Crippen LogP contribution < -0.4 is 11.5 Å². The smallest absolute Gasteiger partial charge is 0.268 e. The number of hydrogen-bond acceptors (Lipinski definition) is 9. The Labute approximate surface area is 189 Å². The van der Waals surface area contributed by atoms with E-state index in [0.29, 0.717) is 37.8 Å². The summed E-state index contributed by atoms with van der Waals surface area (Å²) in [5.74, 6) is 0.585. The number of imidazole rings is 1. The predicted octanol–water partition coefficient (Wildman–Crippen LogP) is 2.56. The van der Waals surface area contributed by atoms with Crippen molar-refractivity contribution in [1.29, 1.82) is 0 Å². The van der Waals surface area contributed by atoms with Crippen LogP contribution in [0.3, 0.4) is 0 Å². The number of fused-ring (bicyclic) bond motifs is 1. The van der Waals surface area contributed by atoms with Gasteiger partial charge in [0.15, 0.2) is 0 Å². The average molecular weight is 477 g/mol. The number of primary amides is 1. The van der Waals surface area contributed by atoms with Crippen molar-refractivity contribution >= 4 is 55.7 Å². The Bertz CT molecular complexity index is 1280. The number of thiophene rings is 1. The molecule has 1 atom stereocenters. The third-order valence-electron chi connectivity index (χ3n) is 4.82. The summed E-state index contributed by atoms with van der Waals surface area (Å²) in [5, 5.41) is 2.89. The summed E-state index contributed by atoms with van der Waals surface area (Å²) in [5.41, 5.74) is 14.7. The standard InChI is InChI=1S/C19H20N6O3S3/c1-9-22-7-13(25(9)2)10-6-11(17-24-12(8-29-17)16(21)26)23-18-14(10)15(20)19(30-18)31(27)5-4-28-3/h6-8H,4-5,20H2,1-3H3,(H2,21,26). The van der Waals surface area contributed by atoms with Gasteiger partial charge in [-0.15, -0.1) is 11.3 Å². The SMILES string of the molecule is COCC[S+]([O-])c1sc2nc(-c3nc(C(N)=O)cs3)cc(-c3cnc(C)n3C)c2c1N. The number of anilines is 1. The Kier molecular flexibility index (Phi) is 5.99. The van der Waals surface area contributed by atoms with Crippen LogP contribution in [0.5, 0.6) is 0 Å². The molecule has 4 N–H and O–H groups in total. The number of aromatic nitrogens is 4. The Morgan fingerprint density at radius 3 is 2.77 bits per heavy atom. The van der Waals surface area contributed by atoms with Crippen LogP contribution >= 0.6 is 22.7 Å². The van der Waals surface area contributed by atoms with Gasteiger partial charge in [-0.25, -0.2) is 15.0 Å². The van der Waals surface area contributed by atoms with Gasteiger partial charge < -0.3 is 25.3 Å². The molecule has 0 aliphatic heterocycles. The van der Waals surface area contributed by atoms with Crippen LogP contribution in [0, 0.1) is 6.92 Å². The monoisotopic (exact) mass is 476 g/mol. The van der Waals surface area contributed by atoms with E-state index in [1.165, 1.54) is 22.7 Å². The van der Waals surface area contributed by atoms with Crippen LogP contribution in [-0.2, 0) is 23.0 Å². The summed E-state index contributed by atoms with van der Waals surface area (Å²) in [7, 11) is 3.48. The highest BCUT2D eigenvalue weighted by molar-refractivity contribution is 7.93. The van der Waals surface area contributed by atoms with Gasteiger partial charge in [0.1, 0.15) is 38.5 Å². The van der Waals surface area contributed by atoms with Crippen molar-refractivity contribution in [2.24, 2.45) is 12.8 Å². The Morgan fingerprint density at radius 1 is 1.39 bits per heavy atom. The normalized spacial score (nSPS) is 12.5. The van der Waals surface area contributed by atoms with Gasteiger partial charge in [0.25, 0.3) is 5.91 Å². The molecule has 0 fully saturated rings. The van der Waals surface area contributed by atoms with Crippen LogP contribution in [0.25, 0.3) is 32.2 Å². The van der Waals surface area contributed by atoms with Crippen molar-refractivity contribution in [3.8, 4) is 22.0 Å². The zero-order chi connectivity index (χ0) is 22.3. The molecule has 4 rings (SSSR count). The fourth-order valence-electron chi connectivity index (χ4n) is 3.09. The molecule has 0 aliphatic carbocycles. The zero-order valence-electron chi connectivity index (χ0n) is 17.0. The number of methoxy groups -OCH3 is 1. The zero-order valence-corrected chi connectivity index (χ0v) is 19.5. The van der Waals surface area contributed by atoms with Gasteiger partial charge >= 0.3 is 0 Å². The lowest BCUT2D eigenvalue weighted by atomic mass is 10.1. The summed E-state index contributed by atoms with van der Waals surface area (Å²) in [4.78, 5) is 25.5. The third-order valence-corrected chi connectivity index (χ3v) is 8.55. The number of hydrogen-bond donors (Lipinski definition) is 2. The van der Waals surface area contributed by atoms with Crippen molar-refractivity contribution in [3.63, 3.8) is 0 Å². The summed E-state index contributed by atoms with van der Waals surface area (Å²) >= 11 is 1.26. The average Bonchev–Trinajstić information content (AvgIpc) is 3.45. The highest BCUT2D eigenvalue weighted by Gasteiger charge is 2.26. The minimum absolute atomic E-state index is 0.187. The molecular formula is C19H20N6O3S3. The van der Waals surface area contributed by atoms with Crippen LogP contribution in [0.15, 0.2) is 21.9 Å². The fraction of sp³-hybridized carbons (Fsp3) is 0.263. The minimum Gasteiger partial charge on any atom is -0.611 e. The molecule has 0 aliphatic rings. The van der Waals surface area contributed by atoms with E-state index in [2.05, 4.69) is 9.97 Å². The van der Waals surface area contributed by atoms with E-state index in [1.54, 1.807) is 18.7 Å². The Hall–Kier alpha value is -2.51. The van der Waals surface area contributed by atoms with Crippen molar-refractivity contribution in [2.45, 2.75) is 11.1 Å². The number of thiazole rings is 1. The van der Waals surface area contributed by atoms with Gasteiger partial charge in [0.2, 0.25) is 4.21 Å². The first-order valence-electron chi connectivity index (χ1n) is 9.16. The number of nitrogen functional groups attached to an aromatic ring is 1. The second-order valence-electron chi connectivity index (χ2n) is 6.73. The summed E-state index contributed by atoms with van der Waals surface area (Å²) < 4.78 is 20.4.